The van der Waals surface area contributed by atoms with Crippen molar-refractivity contribution in [3.8, 4) is 0 Å². The molecule has 0 saturated carbocycles. The van der Waals surface area contributed by atoms with Crippen LogP contribution in [0.1, 0.15) is 26.7 Å². The standard InChI is InChI=1S/C6H13NO.C3H8N2O/c1-3-4-5-7-6(2)8;1-5-3(6)2-4/h3-5H2,1-2H3,(H,7,8);2,4H2,1H3,(H,5,6). The maximum absolute atomic E-state index is 10.2. The minimum atomic E-state index is -0.130. The first-order chi connectivity index (χ1) is 6.58. The summed E-state index contributed by atoms with van der Waals surface area (Å²) in [6, 6.07) is 0. The lowest BCUT2D eigenvalue weighted by molar-refractivity contribution is -0.119. The van der Waals surface area contributed by atoms with Gasteiger partial charge < -0.3 is 16.4 Å². The highest BCUT2D eigenvalue weighted by Gasteiger charge is 1.86. The van der Waals surface area contributed by atoms with Crippen molar-refractivity contribution in [3.63, 3.8) is 0 Å². The third-order valence-electron chi connectivity index (χ3n) is 1.37. The lowest BCUT2D eigenvalue weighted by Gasteiger charge is -1.96. The van der Waals surface area contributed by atoms with Crippen LogP contribution in [0.5, 0.6) is 0 Å². The van der Waals surface area contributed by atoms with E-state index in [2.05, 4.69) is 17.6 Å². The molecule has 0 unspecified atom stereocenters. The molecule has 0 saturated heterocycles. The van der Waals surface area contributed by atoms with E-state index >= 15 is 0 Å². The molecule has 5 heteroatoms. The molecule has 4 N–H and O–H groups in total. The summed E-state index contributed by atoms with van der Waals surface area (Å²) in [4.78, 5) is 20.2. The summed E-state index contributed by atoms with van der Waals surface area (Å²) in [7, 11) is 1.55. The van der Waals surface area contributed by atoms with E-state index in [1.165, 1.54) is 6.92 Å². The number of unbranched alkanes of at least 4 members (excludes halogenated alkanes) is 1. The van der Waals surface area contributed by atoms with Gasteiger partial charge in [0.1, 0.15) is 0 Å². The van der Waals surface area contributed by atoms with E-state index < -0.39 is 0 Å². The Morgan fingerprint density at radius 2 is 1.93 bits per heavy atom. The van der Waals surface area contributed by atoms with Crippen molar-refractivity contribution in [1.82, 2.24) is 10.6 Å². The fourth-order valence-corrected chi connectivity index (χ4v) is 0.543. The molecule has 0 bridgehead atoms. The van der Waals surface area contributed by atoms with E-state index in [1.807, 2.05) is 0 Å². The summed E-state index contributed by atoms with van der Waals surface area (Å²) in [6.07, 6.45) is 2.22. The van der Waals surface area contributed by atoms with Gasteiger partial charge >= 0.3 is 0 Å². The Kier molecular flexibility index (Phi) is 13.1. The molecule has 0 aromatic heterocycles. The Hall–Kier alpha value is -1.10. The van der Waals surface area contributed by atoms with Crippen molar-refractivity contribution >= 4 is 11.8 Å². The highest BCUT2D eigenvalue weighted by Crippen LogP contribution is 1.80. The van der Waals surface area contributed by atoms with Crippen molar-refractivity contribution in [1.29, 1.82) is 0 Å². The van der Waals surface area contributed by atoms with E-state index in [9.17, 15) is 9.59 Å². The first-order valence-electron chi connectivity index (χ1n) is 4.73. The number of likely N-dealkylation sites (N-methyl/N-ethyl adjacent to an activating group) is 1. The Balaban J connectivity index is 0. The maximum Gasteiger partial charge on any atom is 0.233 e. The van der Waals surface area contributed by atoms with Crippen LogP contribution >= 0.6 is 0 Å². The quantitative estimate of drug-likeness (QED) is 0.544. The van der Waals surface area contributed by atoms with Gasteiger partial charge in [0.15, 0.2) is 0 Å². The van der Waals surface area contributed by atoms with Crippen molar-refractivity contribution in [2.45, 2.75) is 26.7 Å². The molecular weight excluding hydrogens is 182 g/mol. The molecule has 0 fully saturated rings. The van der Waals surface area contributed by atoms with Crippen molar-refractivity contribution in [2.24, 2.45) is 5.73 Å². The van der Waals surface area contributed by atoms with Gasteiger partial charge in [-0.05, 0) is 6.42 Å². The van der Waals surface area contributed by atoms with E-state index in [-0.39, 0.29) is 18.4 Å². The molecule has 0 radical (unpaired) electrons. The Morgan fingerprint density at radius 3 is 2.14 bits per heavy atom. The molecule has 14 heavy (non-hydrogen) atoms. The lowest BCUT2D eigenvalue weighted by atomic mass is 10.3. The van der Waals surface area contributed by atoms with Crippen LogP contribution in [0.2, 0.25) is 0 Å². The van der Waals surface area contributed by atoms with Gasteiger partial charge in [-0.2, -0.15) is 0 Å². The van der Waals surface area contributed by atoms with Gasteiger partial charge in [0, 0.05) is 20.5 Å². The molecule has 0 atom stereocenters. The van der Waals surface area contributed by atoms with Crippen LogP contribution in [0.4, 0.5) is 0 Å². The molecule has 0 aliphatic heterocycles. The number of hydrogen-bond acceptors (Lipinski definition) is 3. The molecule has 0 rings (SSSR count). The van der Waals surface area contributed by atoms with Crippen LogP contribution in [0, 0.1) is 0 Å². The van der Waals surface area contributed by atoms with E-state index in [4.69, 9.17) is 5.73 Å². The van der Waals surface area contributed by atoms with Gasteiger partial charge in [0.25, 0.3) is 0 Å². The summed E-state index contributed by atoms with van der Waals surface area (Å²) < 4.78 is 0. The van der Waals surface area contributed by atoms with Gasteiger partial charge in [-0.3, -0.25) is 9.59 Å². The number of nitrogens with two attached hydrogens (primary N) is 1. The molecule has 0 aliphatic carbocycles. The predicted molar refractivity (Wildman–Crippen MR) is 56.7 cm³/mol. The van der Waals surface area contributed by atoms with Gasteiger partial charge in [-0.15, -0.1) is 0 Å². The third kappa shape index (κ3) is 17.1. The number of nitrogens with one attached hydrogen (secondary N) is 2. The SMILES string of the molecule is CCCCNC(C)=O.CNC(=O)CN. The number of carbonyl (C=O) groups excluding carboxylic acids is 2. The molecule has 5 nitrogen and oxygen atoms in total. The van der Waals surface area contributed by atoms with E-state index in [1.54, 1.807) is 7.05 Å². The number of rotatable bonds is 4. The third-order valence-corrected chi connectivity index (χ3v) is 1.37. The fraction of sp³-hybridized carbons (Fsp3) is 0.778. The van der Waals surface area contributed by atoms with E-state index in [0.29, 0.717) is 0 Å². The predicted octanol–water partition coefficient (Wildman–Crippen LogP) is -0.386. The summed E-state index contributed by atoms with van der Waals surface area (Å²) in [5.74, 6) is -0.0616. The molecule has 0 heterocycles. The minimum Gasteiger partial charge on any atom is -0.358 e. The molecule has 0 aromatic carbocycles. The second-order valence-corrected chi connectivity index (χ2v) is 2.71. The normalized spacial score (nSPS) is 8.29. The molecular formula is C9H21N3O2. The number of hydrogen-bond donors (Lipinski definition) is 3. The highest BCUT2D eigenvalue weighted by molar-refractivity contribution is 5.77. The minimum absolute atomic E-state index is 0.0680. The van der Waals surface area contributed by atoms with Crippen LogP contribution < -0.4 is 16.4 Å². The van der Waals surface area contributed by atoms with E-state index in [0.717, 1.165) is 19.4 Å². The van der Waals surface area contributed by atoms with Crippen LogP contribution in [0.15, 0.2) is 0 Å². The van der Waals surface area contributed by atoms with Gasteiger partial charge in [0.05, 0.1) is 6.54 Å². The Labute approximate surface area is 85.4 Å². The Bertz CT molecular complexity index is 154. The summed E-state index contributed by atoms with van der Waals surface area (Å²) in [6.45, 7) is 4.54. The summed E-state index contributed by atoms with van der Waals surface area (Å²) in [5, 5.41) is 5.06. The van der Waals surface area contributed by atoms with Gasteiger partial charge in [0.2, 0.25) is 11.8 Å². The second-order valence-electron chi connectivity index (χ2n) is 2.71. The molecule has 0 aliphatic rings. The zero-order valence-electron chi connectivity index (χ0n) is 9.22. The molecule has 84 valence electrons. The van der Waals surface area contributed by atoms with Gasteiger partial charge in [-0.25, -0.2) is 0 Å². The maximum atomic E-state index is 10.2. The summed E-state index contributed by atoms with van der Waals surface area (Å²) in [5.41, 5.74) is 4.87. The van der Waals surface area contributed by atoms with Crippen molar-refractivity contribution in [2.75, 3.05) is 20.1 Å². The first kappa shape index (κ1) is 15.4. The average Bonchev–Trinajstić information content (AvgIpc) is 2.17. The number of amides is 2. The first-order valence-corrected chi connectivity index (χ1v) is 4.73. The summed E-state index contributed by atoms with van der Waals surface area (Å²) >= 11 is 0. The molecule has 0 spiro atoms. The van der Waals surface area contributed by atoms with Crippen molar-refractivity contribution < 1.29 is 9.59 Å². The Morgan fingerprint density at radius 1 is 1.36 bits per heavy atom. The van der Waals surface area contributed by atoms with Gasteiger partial charge in [-0.1, -0.05) is 13.3 Å². The monoisotopic (exact) mass is 203 g/mol. The zero-order valence-corrected chi connectivity index (χ0v) is 9.22. The zero-order chi connectivity index (χ0) is 11.4. The highest BCUT2D eigenvalue weighted by atomic mass is 16.2. The van der Waals surface area contributed by atoms with Crippen LogP contribution in [0.25, 0.3) is 0 Å². The second kappa shape index (κ2) is 11.9. The molecule has 0 aromatic rings. The lowest BCUT2D eigenvalue weighted by Crippen LogP contribution is -2.26. The topological polar surface area (TPSA) is 84.2 Å². The largest absolute Gasteiger partial charge is 0.358 e. The van der Waals surface area contributed by atoms with Crippen LogP contribution in [-0.2, 0) is 9.59 Å². The van der Waals surface area contributed by atoms with Crippen molar-refractivity contribution in [3.05, 3.63) is 0 Å². The average molecular weight is 203 g/mol. The van der Waals surface area contributed by atoms with Crippen LogP contribution in [-0.4, -0.2) is 32.0 Å². The number of carbonyl (C=O) groups is 2. The fourth-order valence-electron chi connectivity index (χ4n) is 0.543. The smallest absolute Gasteiger partial charge is 0.233 e. The molecule has 2 amide bonds. The van der Waals surface area contributed by atoms with Crippen LogP contribution in [0.3, 0.4) is 0 Å².